The summed E-state index contributed by atoms with van der Waals surface area (Å²) in [5.74, 6) is 0.198. The molecule has 0 heterocycles. The fourth-order valence-corrected chi connectivity index (χ4v) is 2.12. The second-order valence-corrected chi connectivity index (χ2v) is 6.69. The molecule has 1 aromatic carbocycles. The molecule has 0 aliphatic carbocycles. The molecule has 0 saturated carbocycles. The van der Waals surface area contributed by atoms with Gasteiger partial charge in [-0.05, 0) is 25.1 Å². The van der Waals surface area contributed by atoms with E-state index in [1.54, 1.807) is 19.1 Å². The van der Waals surface area contributed by atoms with Crippen LogP contribution < -0.4 is 4.74 Å². The van der Waals surface area contributed by atoms with Crippen LogP contribution >= 0.6 is 11.6 Å². The molecule has 0 aliphatic rings. The Hall–Kier alpha value is -1.07. The van der Waals surface area contributed by atoms with Crippen LogP contribution in [0.3, 0.4) is 0 Å². The summed E-state index contributed by atoms with van der Waals surface area (Å²) in [4.78, 5) is 11.4. The van der Waals surface area contributed by atoms with E-state index in [1.807, 2.05) is 0 Å². The van der Waals surface area contributed by atoms with Crippen molar-refractivity contribution in [2.75, 3.05) is 18.1 Å². The highest BCUT2D eigenvalue weighted by molar-refractivity contribution is 7.91. The molecule has 0 amide bonds. The maximum atomic E-state index is 11.4. The number of sulfone groups is 1. The monoisotopic (exact) mass is 290 g/mol. The van der Waals surface area contributed by atoms with E-state index in [4.69, 9.17) is 16.3 Å². The number of Topliss-reactive ketones (excluding diaryl/α,β-unsaturated/α-hetero) is 1. The molecule has 0 aliphatic heterocycles. The standard InChI is InChI=1S/C12H15ClO4S/c1-3-18(15,16)7-6-17-12-5-4-10(13)8-11(12)9(2)14/h4-5,8H,3,6-7H2,1-2H3. The highest BCUT2D eigenvalue weighted by Gasteiger charge is 2.11. The van der Waals surface area contributed by atoms with Crippen LogP contribution in [-0.2, 0) is 9.84 Å². The largest absolute Gasteiger partial charge is 0.492 e. The van der Waals surface area contributed by atoms with Crippen molar-refractivity contribution in [3.8, 4) is 5.75 Å². The van der Waals surface area contributed by atoms with Crippen molar-refractivity contribution in [2.45, 2.75) is 13.8 Å². The molecular formula is C12H15ClO4S. The van der Waals surface area contributed by atoms with Crippen LogP contribution in [0.4, 0.5) is 0 Å². The van der Waals surface area contributed by atoms with E-state index in [1.165, 1.54) is 13.0 Å². The third kappa shape index (κ3) is 4.31. The number of ketones is 1. The molecule has 100 valence electrons. The molecule has 6 heteroatoms. The van der Waals surface area contributed by atoms with Crippen molar-refractivity contribution in [3.63, 3.8) is 0 Å². The van der Waals surface area contributed by atoms with Gasteiger partial charge in [-0.25, -0.2) is 8.42 Å². The van der Waals surface area contributed by atoms with Gasteiger partial charge in [0.15, 0.2) is 15.6 Å². The van der Waals surface area contributed by atoms with E-state index in [2.05, 4.69) is 0 Å². The van der Waals surface area contributed by atoms with Crippen molar-refractivity contribution >= 4 is 27.2 Å². The van der Waals surface area contributed by atoms with Crippen LogP contribution in [0, 0.1) is 0 Å². The minimum atomic E-state index is -3.07. The number of hydrogen-bond acceptors (Lipinski definition) is 4. The highest BCUT2D eigenvalue weighted by Crippen LogP contribution is 2.23. The SMILES string of the molecule is CCS(=O)(=O)CCOc1ccc(Cl)cc1C(C)=O. The normalized spacial score (nSPS) is 11.3. The van der Waals surface area contributed by atoms with Crippen LogP contribution in [0.5, 0.6) is 5.75 Å². The molecule has 0 saturated heterocycles. The van der Waals surface area contributed by atoms with Gasteiger partial charge in [0.1, 0.15) is 12.4 Å². The van der Waals surface area contributed by atoms with Crippen molar-refractivity contribution in [3.05, 3.63) is 28.8 Å². The summed E-state index contributed by atoms with van der Waals surface area (Å²) < 4.78 is 27.9. The number of rotatable bonds is 6. The average molecular weight is 291 g/mol. The second-order valence-electron chi connectivity index (χ2n) is 3.78. The zero-order valence-corrected chi connectivity index (χ0v) is 11.8. The smallest absolute Gasteiger partial charge is 0.163 e. The number of halogens is 1. The summed E-state index contributed by atoms with van der Waals surface area (Å²) in [5.41, 5.74) is 0.358. The van der Waals surface area contributed by atoms with Crippen molar-refractivity contribution in [1.82, 2.24) is 0 Å². The lowest BCUT2D eigenvalue weighted by Crippen LogP contribution is -2.16. The zero-order valence-electron chi connectivity index (χ0n) is 10.3. The van der Waals surface area contributed by atoms with Crippen molar-refractivity contribution in [1.29, 1.82) is 0 Å². The van der Waals surface area contributed by atoms with Crippen LogP contribution in [0.15, 0.2) is 18.2 Å². The van der Waals surface area contributed by atoms with Gasteiger partial charge in [0, 0.05) is 10.8 Å². The van der Waals surface area contributed by atoms with Crippen molar-refractivity contribution < 1.29 is 17.9 Å². The molecule has 4 nitrogen and oxygen atoms in total. The first-order valence-corrected chi connectivity index (χ1v) is 7.69. The minimum absolute atomic E-state index is 0.0259. The Morgan fingerprint density at radius 3 is 2.61 bits per heavy atom. The van der Waals surface area contributed by atoms with Crippen LogP contribution in [0.2, 0.25) is 5.02 Å². The van der Waals surface area contributed by atoms with E-state index in [0.717, 1.165) is 0 Å². The average Bonchev–Trinajstić information content (AvgIpc) is 2.30. The van der Waals surface area contributed by atoms with Gasteiger partial charge in [0.2, 0.25) is 0 Å². The molecule has 0 bridgehead atoms. The first-order chi connectivity index (χ1) is 8.35. The number of benzene rings is 1. The fourth-order valence-electron chi connectivity index (χ4n) is 1.33. The Kier molecular flexibility index (Phi) is 5.16. The number of carbonyl (C=O) groups excluding carboxylic acids is 1. The number of ether oxygens (including phenoxy) is 1. The predicted octanol–water partition coefficient (Wildman–Crippen LogP) is 2.36. The quantitative estimate of drug-likeness (QED) is 0.755. The van der Waals surface area contributed by atoms with Crippen LogP contribution in [0.25, 0.3) is 0 Å². The predicted molar refractivity (Wildman–Crippen MR) is 71.3 cm³/mol. The molecule has 0 radical (unpaired) electrons. The first kappa shape index (κ1) is 15.0. The van der Waals surface area contributed by atoms with E-state index >= 15 is 0 Å². The maximum Gasteiger partial charge on any atom is 0.163 e. The summed E-state index contributed by atoms with van der Waals surface area (Å²) in [6.45, 7) is 3.01. The molecule has 18 heavy (non-hydrogen) atoms. The summed E-state index contributed by atoms with van der Waals surface area (Å²) >= 11 is 5.79. The Bertz CT molecular complexity index is 537. The van der Waals surface area contributed by atoms with Gasteiger partial charge in [0.05, 0.1) is 11.3 Å². The summed E-state index contributed by atoms with van der Waals surface area (Å²) in [6.07, 6.45) is 0. The van der Waals surface area contributed by atoms with E-state index in [-0.39, 0.29) is 23.9 Å². The lowest BCUT2D eigenvalue weighted by atomic mass is 10.1. The molecular weight excluding hydrogens is 276 g/mol. The summed E-state index contributed by atoms with van der Waals surface area (Å²) in [5, 5.41) is 0.439. The Morgan fingerprint density at radius 2 is 2.06 bits per heavy atom. The van der Waals surface area contributed by atoms with Gasteiger partial charge in [0.25, 0.3) is 0 Å². The van der Waals surface area contributed by atoms with E-state index in [9.17, 15) is 13.2 Å². The Morgan fingerprint density at radius 1 is 1.39 bits per heavy atom. The Labute approximate surface area is 112 Å². The number of hydrogen-bond donors (Lipinski definition) is 0. The van der Waals surface area contributed by atoms with Gasteiger partial charge in [-0.3, -0.25) is 4.79 Å². The first-order valence-electron chi connectivity index (χ1n) is 5.49. The van der Waals surface area contributed by atoms with Gasteiger partial charge in [-0.1, -0.05) is 18.5 Å². The zero-order chi connectivity index (χ0) is 13.8. The molecule has 1 aromatic rings. The summed E-state index contributed by atoms with van der Waals surface area (Å²) in [6, 6.07) is 4.67. The lowest BCUT2D eigenvalue weighted by Gasteiger charge is -2.10. The van der Waals surface area contributed by atoms with Gasteiger partial charge >= 0.3 is 0 Å². The molecule has 0 N–H and O–H groups in total. The van der Waals surface area contributed by atoms with E-state index in [0.29, 0.717) is 16.3 Å². The number of carbonyl (C=O) groups is 1. The molecule has 0 aromatic heterocycles. The lowest BCUT2D eigenvalue weighted by molar-refractivity contribution is 0.101. The summed E-state index contributed by atoms with van der Waals surface area (Å²) in [7, 11) is -3.07. The highest BCUT2D eigenvalue weighted by atomic mass is 35.5. The van der Waals surface area contributed by atoms with E-state index < -0.39 is 9.84 Å². The third-order valence-corrected chi connectivity index (χ3v) is 4.32. The minimum Gasteiger partial charge on any atom is -0.492 e. The van der Waals surface area contributed by atoms with Crippen LogP contribution in [0.1, 0.15) is 24.2 Å². The third-order valence-electron chi connectivity index (χ3n) is 2.41. The maximum absolute atomic E-state index is 11.4. The molecule has 0 fully saturated rings. The second kappa shape index (κ2) is 6.20. The molecule has 0 atom stereocenters. The fraction of sp³-hybridized carbons (Fsp3) is 0.417. The van der Waals surface area contributed by atoms with Gasteiger partial charge < -0.3 is 4.74 Å². The Balaban J connectivity index is 2.77. The van der Waals surface area contributed by atoms with Crippen molar-refractivity contribution in [2.24, 2.45) is 0 Å². The van der Waals surface area contributed by atoms with Crippen LogP contribution in [-0.4, -0.2) is 32.3 Å². The van der Waals surface area contributed by atoms with Gasteiger partial charge in [-0.2, -0.15) is 0 Å². The molecule has 1 rings (SSSR count). The molecule has 0 unspecified atom stereocenters. The topological polar surface area (TPSA) is 60.4 Å². The van der Waals surface area contributed by atoms with Gasteiger partial charge in [-0.15, -0.1) is 0 Å². The molecule has 0 spiro atoms.